The van der Waals surface area contributed by atoms with E-state index in [4.69, 9.17) is 4.98 Å². The van der Waals surface area contributed by atoms with E-state index in [0.29, 0.717) is 11.1 Å². The highest BCUT2D eigenvalue weighted by molar-refractivity contribution is 6.12. The zero-order valence-corrected chi connectivity index (χ0v) is 17.7. The molecule has 3 heteroatoms. The number of carbonyl (C=O) groups excluding carboxylic acids is 1. The molecule has 5 rings (SSSR count). The van der Waals surface area contributed by atoms with Gasteiger partial charge >= 0.3 is 0 Å². The van der Waals surface area contributed by atoms with Gasteiger partial charge in [-0.15, -0.1) is 0 Å². The van der Waals surface area contributed by atoms with Crippen LogP contribution in [0.3, 0.4) is 0 Å². The zero-order chi connectivity index (χ0) is 21.9. The Morgan fingerprint density at radius 3 is 2.12 bits per heavy atom. The molecule has 3 nitrogen and oxygen atoms in total. The second-order valence-electron chi connectivity index (χ2n) is 7.71. The summed E-state index contributed by atoms with van der Waals surface area (Å²) in [6, 6.07) is 35.5. The lowest BCUT2D eigenvalue weighted by molar-refractivity contribution is 0.103. The summed E-state index contributed by atoms with van der Waals surface area (Å²) >= 11 is 0. The number of rotatable bonds is 5. The third-order valence-electron chi connectivity index (χ3n) is 5.66. The van der Waals surface area contributed by atoms with Crippen molar-refractivity contribution in [3.8, 4) is 11.1 Å². The van der Waals surface area contributed by atoms with Crippen molar-refractivity contribution in [1.82, 2.24) is 4.98 Å². The first-order chi connectivity index (χ1) is 15.7. The molecule has 1 aromatic heterocycles. The highest BCUT2D eigenvalue weighted by Gasteiger charge is 2.17. The summed E-state index contributed by atoms with van der Waals surface area (Å²) < 4.78 is 0. The van der Waals surface area contributed by atoms with Crippen LogP contribution in [0, 0.1) is 6.92 Å². The van der Waals surface area contributed by atoms with E-state index in [-0.39, 0.29) is 5.78 Å². The second kappa shape index (κ2) is 8.48. The Hall–Kier alpha value is -4.24. The molecule has 0 aliphatic rings. The van der Waals surface area contributed by atoms with Crippen molar-refractivity contribution in [2.45, 2.75) is 6.92 Å². The lowest BCUT2D eigenvalue weighted by Gasteiger charge is -2.17. The Kier molecular flexibility index (Phi) is 5.22. The van der Waals surface area contributed by atoms with Crippen LogP contribution in [0.4, 0.5) is 11.5 Å². The van der Waals surface area contributed by atoms with Crippen LogP contribution in [0.15, 0.2) is 109 Å². The maximum absolute atomic E-state index is 13.2. The maximum Gasteiger partial charge on any atom is 0.195 e. The van der Waals surface area contributed by atoms with E-state index >= 15 is 0 Å². The van der Waals surface area contributed by atoms with Crippen LogP contribution in [-0.4, -0.2) is 10.8 Å². The molecule has 0 saturated heterocycles. The van der Waals surface area contributed by atoms with Gasteiger partial charge in [0.2, 0.25) is 0 Å². The van der Waals surface area contributed by atoms with Crippen LogP contribution in [0.1, 0.15) is 21.5 Å². The molecule has 154 valence electrons. The topological polar surface area (TPSA) is 42.0 Å². The lowest BCUT2D eigenvalue weighted by atomic mass is 9.96. The van der Waals surface area contributed by atoms with Gasteiger partial charge in [0.1, 0.15) is 5.82 Å². The molecular formula is C29H22N2O. The predicted octanol–water partition coefficient (Wildman–Crippen LogP) is 7.18. The minimum absolute atomic E-state index is 0.0181. The molecule has 0 amide bonds. The third kappa shape index (κ3) is 3.65. The summed E-state index contributed by atoms with van der Waals surface area (Å²) in [5.41, 5.74) is 6.25. The first kappa shape index (κ1) is 19.7. The number of carbonyl (C=O) groups is 1. The molecule has 0 unspecified atom stereocenters. The molecule has 0 saturated carbocycles. The molecule has 4 aromatic carbocycles. The van der Waals surface area contributed by atoms with Crippen LogP contribution in [0.2, 0.25) is 0 Å². The van der Waals surface area contributed by atoms with Gasteiger partial charge in [-0.25, -0.2) is 4.98 Å². The average Bonchev–Trinajstić information content (AvgIpc) is 2.85. The zero-order valence-electron chi connectivity index (χ0n) is 17.7. The highest BCUT2D eigenvalue weighted by atomic mass is 16.1. The lowest BCUT2D eigenvalue weighted by Crippen LogP contribution is -2.07. The first-order valence-electron chi connectivity index (χ1n) is 10.6. The number of aromatic nitrogens is 1. The number of hydrogen-bond acceptors (Lipinski definition) is 3. The van der Waals surface area contributed by atoms with Gasteiger partial charge in [-0.3, -0.25) is 4.79 Å². The molecule has 0 bridgehead atoms. The summed E-state index contributed by atoms with van der Waals surface area (Å²) in [6.07, 6.45) is 0. The Bertz CT molecular complexity index is 1410. The van der Waals surface area contributed by atoms with E-state index in [2.05, 4.69) is 30.4 Å². The summed E-state index contributed by atoms with van der Waals surface area (Å²) in [7, 11) is 0. The summed E-state index contributed by atoms with van der Waals surface area (Å²) in [6.45, 7) is 2.08. The number of para-hydroxylation sites is 2. The summed E-state index contributed by atoms with van der Waals surface area (Å²) in [5.74, 6) is 0.728. The number of pyridine rings is 1. The van der Waals surface area contributed by atoms with Crippen molar-refractivity contribution in [3.05, 3.63) is 126 Å². The van der Waals surface area contributed by atoms with E-state index in [1.807, 2.05) is 91.0 Å². The first-order valence-corrected chi connectivity index (χ1v) is 10.6. The van der Waals surface area contributed by atoms with Gasteiger partial charge in [0, 0.05) is 22.1 Å². The maximum atomic E-state index is 13.2. The van der Waals surface area contributed by atoms with E-state index in [1.165, 1.54) is 0 Å². The van der Waals surface area contributed by atoms with E-state index in [1.54, 1.807) is 0 Å². The van der Waals surface area contributed by atoms with Crippen LogP contribution < -0.4 is 5.32 Å². The van der Waals surface area contributed by atoms with Crippen molar-refractivity contribution in [3.63, 3.8) is 0 Å². The minimum atomic E-state index is -0.0181. The molecule has 5 aromatic rings. The third-order valence-corrected chi connectivity index (χ3v) is 5.66. The SMILES string of the molecule is Cc1c(Nc2ccccc2C(=O)c2ccccc2)nc2ccccc2c1-c1ccccc1. The monoisotopic (exact) mass is 414 g/mol. The smallest absolute Gasteiger partial charge is 0.195 e. The number of nitrogens with zero attached hydrogens (tertiary/aromatic N) is 1. The number of fused-ring (bicyclic) bond motifs is 1. The Morgan fingerprint density at radius 1 is 0.719 bits per heavy atom. The van der Waals surface area contributed by atoms with Gasteiger partial charge in [0.25, 0.3) is 0 Å². The Balaban J connectivity index is 1.64. The van der Waals surface area contributed by atoms with Gasteiger partial charge in [-0.2, -0.15) is 0 Å². The van der Waals surface area contributed by atoms with E-state index < -0.39 is 0 Å². The Labute approximate surface area is 187 Å². The second-order valence-corrected chi connectivity index (χ2v) is 7.71. The fourth-order valence-corrected chi connectivity index (χ4v) is 4.07. The molecule has 0 radical (unpaired) electrons. The molecule has 1 heterocycles. The quantitative estimate of drug-likeness (QED) is 0.310. The van der Waals surface area contributed by atoms with Crippen molar-refractivity contribution >= 4 is 28.2 Å². The van der Waals surface area contributed by atoms with Crippen molar-refractivity contribution < 1.29 is 4.79 Å². The minimum Gasteiger partial charge on any atom is -0.339 e. The number of anilines is 2. The molecule has 0 spiro atoms. The predicted molar refractivity (Wildman–Crippen MR) is 132 cm³/mol. The average molecular weight is 415 g/mol. The van der Waals surface area contributed by atoms with Gasteiger partial charge < -0.3 is 5.32 Å². The van der Waals surface area contributed by atoms with Crippen molar-refractivity contribution in [2.75, 3.05) is 5.32 Å². The van der Waals surface area contributed by atoms with Crippen LogP contribution >= 0.6 is 0 Å². The molecular weight excluding hydrogens is 392 g/mol. The molecule has 0 aliphatic carbocycles. The summed E-state index contributed by atoms with van der Waals surface area (Å²) in [4.78, 5) is 18.1. The number of ketones is 1. The van der Waals surface area contributed by atoms with E-state index in [9.17, 15) is 4.79 Å². The largest absolute Gasteiger partial charge is 0.339 e. The van der Waals surface area contributed by atoms with Crippen molar-refractivity contribution in [2.24, 2.45) is 0 Å². The van der Waals surface area contributed by atoms with Crippen LogP contribution in [-0.2, 0) is 0 Å². The van der Waals surface area contributed by atoms with Crippen LogP contribution in [0.25, 0.3) is 22.0 Å². The summed E-state index contributed by atoms with van der Waals surface area (Å²) in [5, 5.41) is 4.57. The molecule has 0 atom stereocenters. The fraction of sp³-hybridized carbons (Fsp3) is 0.0345. The Morgan fingerprint density at radius 2 is 1.34 bits per heavy atom. The number of nitrogens with one attached hydrogen (secondary N) is 1. The standard InChI is InChI=1S/C29H22N2O/c1-20-27(21-12-4-2-5-13-21)23-16-8-10-18-25(23)30-29(20)31-26-19-11-9-17-24(26)28(32)22-14-6-3-7-15-22/h2-19H,1H3,(H,30,31). The normalized spacial score (nSPS) is 10.8. The number of benzene rings is 4. The van der Waals surface area contributed by atoms with Gasteiger partial charge in [0.05, 0.1) is 11.2 Å². The van der Waals surface area contributed by atoms with E-state index in [0.717, 1.165) is 39.1 Å². The molecule has 0 aliphatic heterocycles. The highest BCUT2D eigenvalue weighted by Crippen LogP contribution is 2.36. The fourth-order valence-electron chi connectivity index (χ4n) is 4.07. The van der Waals surface area contributed by atoms with Crippen LogP contribution in [0.5, 0.6) is 0 Å². The van der Waals surface area contributed by atoms with Gasteiger partial charge in [0.15, 0.2) is 5.78 Å². The molecule has 1 N–H and O–H groups in total. The number of hydrogen-bond donors (Lipinski definition) is 1. The molecule has 32 heavy (non-hydrogen) atoms. The van der Waals surface area contributed by atoms with Gasteiger partial charge in [-0.1, -0.05) is 91.0 Å². The van der Waals surface area contributed by atoms with Gasteiger partial charge in [-0.05, 0) is 36.2 Å². The van der Waals surface area contributed by atoms with Crippen molar-refractivity contribution in [1.29, 1.82) is 0 Å². The molecule has 0 fully saturated rings.